The number of amides is 1. The van der Waals surface area contributed by atoms with Crippen molar-refractivity contribution in [3.05, 3.63) is 17.8 Å². The van der Waals surface area contributed by atoms with Crippen molar-refractivity contribution in [3.63, 3.8) is 0 Å². The number of hydrogen-bond acceptors (Lipinski definition) is 4. The number of carbonyl (C=O) groups excluding carboxylic acids is 1. The second-order valence-electron chi connectivity index (χ2n) is 4.58. The fourth-order valence-electron chi connectivity index (χ4n) is 1.26. The van der Waals surface area contributed by atoms with Gasteiger partial charge in [0.05, 0.1) is 0 Å². The first kappa shape index (κ1) is 13.4. The van der Waals surface area contributed by atoms with Crippen molar-refractivity contribution in [1.82, 2.24) is 15.1 Å². The van der Waals surface area contributed by atoms with E-state index in [2.05, 4.69) is 22.4 Å². The van der Waals surface area contributed by atoms with Gasteiger partial charge < -0.3 is 10.2 Å². The fraction of sp³-hybridized carbons (Fsp3) is 0.583. The third-order valence-electron chi connectivity index (χ3n) is 3.22. The van der Waals surface area contributed by atoms with Crippen LogP contribution < -0.4 is 5.32 Å². The number of rotatable bonds is 4. The SMILES string of the molecule is CCC(C)(C)N(C)C(=O)c1ccc(NC)nn1. The van der Waals surface area contributed by atoms with Gasteiger partial charge in [-0.15, -0.1) is 10.2 Å². The molecule has 0 radical (unpaired) electrons. The van der Waals surface area contributed by atoms with Crippen molar-refractivity contribution in [1.29, 1.82) is 0 Å². The summed E-state index contributed by atoms with van der Waals surface area (Å²) in [7, 11) is 3.55. The topological polar surface area (TPSA) is 58.1 Å². The molecule has 1 rings (SSSR count). The summed E-state index contributed by atoms with van der Waals surface area (Å²) in [5.41, 5.74) is 0.188. The molecule has 0 spiro atoms. The van der Waals surface area contributed by atoms with Crippen LogP contribution in [0.15, 0.2) is 12.1 Å². The van der Waals surface area contributed by atoms with E-state index in [0.717, 1.165) is 6.42 Å². The van der Waals surface area contributed by atoms with Gasteiger partial charge in [-0.2, -0.15) is 0 Å². The van der Waals surface area contributed by atoms with Crippen molar-refractivity contribution in [2.24, 2.45) is 0 Å². The van der Waals surface area contributed by atoms with Crippen molar-refractivity contribution >= 4 is 11.7 Å². The van der Waals surface area contributed by atoms with E-state index in [1.165, 1.54) is 0 Å². The summed E-state index contributed by atoms with van der Waals surface area (Å²) < 4.78 is 0. The molecule has 1 heterocycles. The summed E-state index contributed by atoms with van der Waals surface area (Å²) in [6.45, 7) is 6.11. The largest absolute Gasteiger partial charge is 0.372 e. The summed E-state index contributed by atoms with van der Waals surface area (Å²) in [5, 5.41) is 10.7. The van der Waals surface area contributed by atoms with Gasteiger partial charge in [0.25, 0.3) is 5.91 Å². The minimum Gasteiger partial charge on any atom is -0.372 e. The molecule has 0 aliphatic carbocycles. The molecule has 0 fully saturated rings. The maximum absolute atomic E-state index is 12.2. The average Bonchev–Trinajstić information content (AvgIpc) is 2.37. The molecular formula is C12H20N4O. The Morgan fingerprint density at radius 1 is 1.41 bits per heavy atom. The highest BCUT2D eigenvalue weighted by Crippen LogP contribution is 2.18. The lowest BCUT2D eigenvalue weighted by Crippen LogP contribution is -2.44. The van der Waals surface area contributed by atoms with Gasteiger partial charge in [0.15, 0.2) is 5.69 Å². The van der Waals surface area contributed by atoms with Gasteiger partial charge in [-0.1, -0.05) is 6.92 Å². The molecule has 5 heteroatoms. The molecule has 0 aromatic carbocycles. The molecule has 1 aromatic heterocycles. The molecular weight excluding hydrogens is 216 g/mol. The Kier molecular flexibility index (Phi) is 4.04. The molecule has 94 valence electrons. The van der Waals surface area contributed by atoms with Crippen LogP contribution in [-0.4, -0.2) is 40.6 Å². The second kappa shape index (κ2) is 5.12. The summed E-state index contributed by atoms with van der Waals surface area (Å²) >= 11 is 0. The van der Waals surface area contributed by atoms with Crippen molar-refractivity contribution < 1.29 is 4.79 Å². The smallest absolute Gasteiger partial charge is 0.274 e. The zero-order valence-corrected chi connectivity index (χ0v) is 11.1. The molecule has 0 aliphatic rings. The van der Waals surface area contributed by atoms with Gasteiger partial charge in [-0.3, -0.25) is 4.79 Å². The zero-order chi connectivity index (χ0) is 13.1. The Morgan fingerprint density at radius 2 is 2.06 bits per heavy atom. The Labute approximate surface area is 102 Å². The van der Waals surface area contributed by atoms with Crippen molar-refractivity contribution in [3.8, 4) is 0 Å². The first-order chi connectivity index (χ1) is 7.92. The Hall–Kier alpha value is -1.65. The number of hydrogen-bond donors (Lipinski definition) is 1. The van der Waals surface area contributed by atoms with Crippen molar-refractivity contribution in [2.45, 2.75) is 32.7 Å². The molecule has 0 saturated carbocycles. The van der Waals surface area contributed by atoms with Crippen LogP contribution in [0, 0.1) is 0 Å². The van der Waals surface area contributed by atoms with E-state index in [9.17, 15) is 4.79 Å². The molecule has 0 bridgehead atoms. The summed E-state index contributed by atoms with van der Waals surface area (Å²) in [6.07, 6.45) is 0.886. The van der Waals surface area contributed by atoms with Crippen LogP contribution in [0.1, 0.15) is 37.7 Å². The zero-order valence-electron chi connectivity index (χ0n) is 11.1. The van der Waals surface area contributed by atoms with Crippen LogP contribution in [0.3, 0.4) is 0 Å². The highest BCUT2D eigenvalue weighted by atomic mass is 16.2. The minimum absolute atomic E-state index is 0.105. The molecule has 0 unspecified atom stereocenters. The van der Waals surface area contributed by atoms with E-state index in [0.29, 0.717) is 11.5 Å². The lowest BCUT2D eigenvalue weighted by Gasteiger charge is -2.34. The fourth-order valence-corrected chi connectivity index (χ4v) is 1.26. The van der Waals surface area contributed by atoms with Crippen LogP contribution in [0.2, 0.25) is 0 Å². The molecule has 1 N–H and O–H groups in total. The predicted molar refractivity (Wildman–Crippen MR) is 68.0 cm³/mol. The van der Waals surface area contributed by atoms with Crippen LogP contribution in [0.5, 0.6) is 0 Å². The van der Waals surface area contributed by atoms with Crippen LogP contribution in [-0.2, 0) is 0 Å². The van der Waals surface area contributed by atoms with Crippen LogP contribution >= 0.6 is 0 Å². The monoisotopic (exact) mass is 236 g/mol. The number of anilines is 1. The lowest BCUT2D eigenvalue weighted by molar-refractivity contribution is 0.0613. The van der Waals surface area contributed by atoms with E-state index >= 15 is 0 Å². The highest BCUT2D eigenvalue weighted by Gasteiger charge is 2.27. The van der Waals surface area contributed by atoms with Crippen LogP contribution in [0.4, 0.5) is 5.82 Å². The quantitative estimate of drug-likeness (QED) is 0.865. The number of nitrogens with one attached hydrogen (secondary N) is 1. The molecule has 1 aromatic rings. The third-order valence-corrected chi connectivity index (χ3v) is 3.22. The van der Waals surface area contributed by atoms with E-state index < -0.39 is 0 Å². The summed E-state index contributed by atoms with van der Waals surface area (Å²) in [6, 6.07) is 3.43. The average molecular weight is 236 g/mol. The highest BCUT2D eigenvalue weighted by molar-refractivity contribution is 5.92. The number of nitrogens with zero attached hydrogens (tertiary/aromatic N) is 3. The third kappa shape index (κ3) is 2.93. The Bertz CT molecular complexity index is 386. The lowest BCUT2D eigenvalue weighted by atomic mass is 9.99. The van der Waals surface area contributed by atoms with E-state index in [1.54, 1.807) is 31.1 Å². The van der Waals surface area contributed by atoms with E-state index in [4.69, 9.17) is 0 Å². The van der Waals surface area contributed by atoms with Gasteiger partial charge >= 0.3 is 0 Å². The molecule has 0 aliphatic heterocycles. The van der Waals surface area contributed by atoms with Crippen molar-refractivity contribution in [2.75, 3.05) is 19.4 Å². The maximum atomic E-state index is 12.2. The standard InChI is InChI=1S/C12H20N4O/c1-6-12(2,3)16(5)11(17)9-7-8-10(13-4)15-14-9/h7-8H,6H2,1-5H3,(H,13,15). The molecule has 0 atom stereocenters. The van der Waals surface area contributed by atoms with Gasteiger partial charge in [-0.25, -0.2) is 0 Å². The predicted octanol–water partition coefficient (Wildman–Crippen LogP) is 1.78. The second-order valence-corrected chi connectivity index (χ2v) is 4.58. The Morgan fingerprint density at radius 3 is 2.47 bits per heavy atom. The molecule has 5 nitrogen and oxygen atoms in total. The van der Waals surface area contributed by atoms with E-state index in [-0.39, 0.29) is 11.4 Å². The van der Waals surface area contributed by atoms with Crippen LogP contribution in [0.25, 0.3) is 0 Å². The maximum Gasteiger partial charge on any atom is 0.274 e. The Balaban J connectivity index is 2.89. The van der Waals surface area contributed by atoms with Gasteiger partial charge in [0.2, 0.25) is 0 Å². The summed E-state index contributed by atoms with van der Waals surface area (Å²) in [4.78, 5) is 13.9. The number of carbonyl (C=O) groups is 1. The van der Waals surface area contributed by atoms with E-state index in [1.807, 2.05) is 13.8 Å². The van der Waals surface area contributed by atoms with Gasteiger partial charge in [0.1, 0.15) is 5.82 Å². The molecule has 0 saturated heterocycles. The van der Waals surface area contributed by atoms with Gasteiger partial charge in [0, 0.05) is 19.6 Å². The molecule has 1 amide bonds. The summed E-state index contributed by atoms with van der Waals surface area (Å²) in [5.74, 6) is 0.547. The number of aromatic nitrogens is 2. The normalized spacial score (nSPS) is 11.1. The minimum atomic E-state index is -0.180. The van der Waals surface area contributed by atoms with Gasteiger partial charge in [-0.05, 0) is 32.4 Å². The molecule has 17 heavy (non-hydrogen) atoms. The first-order valence-electron chi connectivity index (χ1n) is 5.72. The first-order valence-corrected chi connectivity index (χ1v) is 5.72.